The number of benzene rings is 2. The van der Waals surface area contributed by atoms with Crippen LogP contribution in [0.2, 0.25) is 0 Å². The van der Waals surface area contributed by atoms with E-state index in [1.165, 1.54) is 0 Å². The number of para-hydroxylation sites is 1. The number of anilines is 1. The summed E-state index contributed by atoms with van der Waals surface area (Å²) in [5.41, 5.74) is 9.26. The zero-order chi connectivity index (χ0) is 22.5. The van der Waals surface area contributed by atoms with Gasteiger partial charge in [0.05, 0.1) is 24.4 Å². The summed E-state index contributed by atoms with van der Waals surface area (Å²) >= 11 is 0. The summed E-state index contributed by atoms with van der Waals surface area (Å²) in [5, 5.41) is 17.2. The van der Waals surface area contributed by atoms with E-state index in [0.717, 1.165) is 16.8 Å². The van der Waals surface area contributed by atoms with Crippen molar-refractivity contribution in [3.05, 3.63) is 87.9 Å². The molecule has 1 aromatic heterocycles. The predicted molar refractivity (Wildman–Crippen MR) is 116 cm³/mol. The highest BCUT2D eigenvalue weighted by atomic mass is 16.5. The first-order valence-electron chi connectivity index (χ1n) is 10.1. The van der Waals surface area contributed by atoms with E-state index in [1.807, 2.05) is 55.5 Å². The number of nitrogens with zero attached hydrogens (tertiary/aromatic N) is 3. The molecule has 1 atom stereocenters. The van der Waals surface area contributed by atoms with Gasteiger partial charge in [-0.15, -0.1) is 5.10 Å². The Balaban J connectivity index is 1.77. The van der Waals surface area contributed by atoms with Crippen LogP contribution in [0.3, 0.4) is 0 Å². The molecule has 32 heavy (non-hydrogen) atoms. The molecule has 2 aromatic carbocycles. The molecule has 8 nitrogen and oxygen atoms in total. The van der Waals surface area contributed by atoms with Crippen LogP contribution in [0.1, 0.15) is 27.9 Å². The topological polar surface area (TPSA) is 117 Å². The molecule has 0 aliphatic carbocycles. The number of carbonyl (C=O) groups excluding carboxylic acids is 1. The Morgan fingerprint density at radius 2 is 2.00 bits per heavy atom. The first-order valence-corrected chi connectivity index (χ1v) is 10.1. The second-order valence-electron chi connectivity index (χ2n) is 7.91. The van der Waals surface area contributed by atoms with Gasteiger partial charge in [-0.3, -0.25) is 9.89 Å². The highest BCUT2D eigenvalue weighted by Crippen LogP contribution is 2.55. The van der Waals surface area contributed by atoms with Gasteiger partial charge < -0.3 is 20.1 Å². The lowest BCUT2D eigenvalue weighted by Gasteiger charge is -2.32. The molecule has 0 bridgehead atoms. The molecule has 3 aromatic rings. The van der Waals surface area contributed by atoms with Gasteiger partial charge in [-0.05, 0) is 18.6 Å². The Labute approximate surface area is 184 Å². The fourth-order valence-corrected chi connectivity index (χ4v) is 4.64. The number of fused-ring (bicyclic) bond motifs is 4. The van der Waals surface area contributed by atoms with Crippen LogP contribution in [0.25, 0.3) is 0 Å². The SMILES string of the molecule is COCc1[nH]nc2c1[C@]1(C(=O)N(Cc3ccc(C)cc3)c3ccccc31)C(C#N)=C(N)O2. The van der Waals surface area contributed by atoms with Crippen molar-refractivity contribution in [3.8, 4) is 11.9 Å². The largest absolute Gasteiger partial charge is 0.420 e. The highest BCUT2D eigenvalue weighted by molar-refractivity contribution is 6.14. The quantitative estimate of drug-likeness (QED) is 0.661. The summed E-state index contributed by atoms with van der Waals surface area (Å²) in [6.45, 7) is 2.53. The van der Waals surface area contributed by atoms with Crippen LogP contribution in [0.5, 0.6) is 5.88 Å². The molecule has 5 rings (SSSR count). The molecule has 8 heteroatoms. The molecule has 0 saturated carbocycles. The smallest absolute Gasteiger partial charge is 0.248 e. The maximum atomic E-state index is 14.3. The first-order chi connectivity index (χ1) is 15.5. The van der Waals surface area contributed by atoms with Gasteiger partial charge >= 0.3 is 0 Å². The van der Waals surface area contributed by atoms with E-state index in [0.29, 0.717) is 23.4 Å². The third-order valence-corrected chi connectivity index (χ3v) is 6.04. The van der Waals surface area contributed by atoms with Crippen molar-refractivity contribution >= 4 is 11.6 Å². The number of hydrogen-bond donors (Lipinski definition) is 2. The number of methoxy groups -OCH3 is 1. The van der Waals surface area contributed by atoms with Crippen molar-refractivity contribution in [2.24, 2.45) is 5.73 Å². The highest BCUT2D eigenvalue weighted by Gasteiger charge is 2.60. The molecule has 0 saturated heterocycles. The van der Waals surface area contributed by atoms with Crippen LogP contribution in [0, 0.1) is 18.3 Å². The Kier molecular flexibility index (Phi) is 4.50. The summed E-state index contributed by atoms with van der Waals surface area (Å²) < 4.78 is 11.0. The summed E-state index contributed by atoms with van der Waals surface area (Å²) in [5.74, 6) is -0.230. The monoisotopic (exact) mass is 427 g/mol. The summed E-state index contributed by atoms with van der Waals surface area (Å²) in [7, 11) is 1.55. The van der Waals surface area contributed by atoms with Crippen LogP contribution in [-0.2, 0) is 28.1 Å². The van der Waals surface area contributed by atoms with Gasteiger partial charge in [-0.1, -0.05) is 48.0 Å². The molecule has 0 unspecified atom stereocenters. The molecule has 3 heterocycles. The second-order valence-corrected chi connectivity index (χ2v) is 7.91. The zero-order valence-corrected chi connectivity index (χ0v) is 17.7. The zero-order valence-electron chi connectivity index (χ0n) is 17.7. The number of hydrogen-bond acceptors (Lipinski definition) is 6. The van der Waals surface area contributed by atoms with E-state index < -0.39 is 5.41 Å². The first kappa shape index (κ1) is 19.8. The average Bonchev–Trinajstić information content (AvgIpc) is 3.29. The number of rotatable bonds is 4. The summed E-state index contributed by atoms with van der Waals surface area (Å²) in [6, 6.07) is 17.6. The maximum absolute atomic E-state index is 14.3. The van der Waals surface area contributed by atoms with Gasteiger partial charge in [0.15, 0.2) is 0 Å². The van der Waals surface area contributed by atoms with Crippen molar-refractivity contribution in [1.29, 1.82) is 5.26 Å². The lowest BCUT2D eigenvalue weighted by atomic mass is 9.69. The Bertz CT molecular complexity index is 1300. The number of H-pyrrole nitrogens is 1. The second kappa shape index (κ2) is 7.25. The normalized spacial score (nSPS) is 19.0. The number of nitrogens with two attached hydrogens (primary N) is 1. The fraction of sp³-hybridized carbons (Fsp3) is 0.208. The van der Waals surface area contributed by atoms with E-state index in [1.54, 1.807) is 12.0 Å². The van der Waals surface area contributed by atoms with Crippen molar-refractivity contribution in [3.63, 3.8) is 0 Å². The number of aromatic nitrogens is 2. The van der Waals surface area contributed by atoms with Crippen molar-refractivity contribution < 1.29 is 14.3 Å². The van der Waals surface area contributed by atoms with Crippen molar-refractivity contribution in [2.45, 2.75) is 25.5 Å². The van der Waals surface area contributed by atoms with Gasteiger partial charge in [0.1, 0.15) is 17.1 Å². The third-order valence-electron chi connectivity index (χ3n) is 6.04. The van der Waals surface area contributed by atoms with Crippen LogP contribution in [-0.4, -0.2) is 23.2 Å². The van der Waals surface area contributed by atoms with Gasteiger partial charge in [-0.2, -0.15) is 5.26 Å². The molecule has 0 fully saturated rings. The Morgan fingerprint density at radius 1 is 1.25 bits per heavy atom. The van der Waals surface area contributed by atoms with E-state index in [2.05, 4.69) is 16.3 Å². The number of ether oxygens (including phenoxy) is 2. The Morgan fingerprint density at radius 3 is 2.72 bits per heavy atom. The molecule has 0 radical (unpaired) electrons. The van der Waals surface area contributed by atoms with E-state index in [-0.39, 0.29) is 29.9 Å². The lowest BCUT2D eigenvalue weighted by molar-refractivity contribution is -0.121. The number of aryl methyl sites for hydroxylation is 1. The summed E-state index contributed by atoms with van der Waals surface area (Å²) in [6.07, 6.45) is 0. The van der Waals surface area contributed by atoms with Gasteiger partial charge in [0.2, 0.25) is 17.7 Å². The standard InChI is InChI=1S/C24H21N5O3/c1-14-7-9-15(10-8-14)12-29-19-6-4-3-5-16(19)24(23(29)30)17(11-25)21(26)32-22-20(24)18(13-31-2)27-28-22/h3-10H,12-13,26H2,1-2H3,(H,27,28)/t24-/m1/s1. The van der Waals surface area contributed by atoms with E-state index in [9.17, 15) is 10.1 Å². The van der Waals surface area contributed by atoms with E-state index >= 15 is 0 Å². The predicted octanol–water partition coefficient (Wildman–Crippen LogP) is 2.78. The maximum Gasteiger partial charge on any atom is 0.248 e. The van der Waals surface area contributed by atoms with Crippen LogP contribution < -0.4 is 15.4 Å². The van der Waals surface area contributed by atoms with Crippen molar-refractivity contribution in [2.75, 3.05) is 12.0 Å². The number of nitrogens with one attached hydrogen (secondary N) is 1. The van der Waals surface area contributed by atoms with Crippen LogP contribution in [0.15, 0.2) is 60.0 Å². The molecular formula is C24H21N5O3. The van der Waals surface area contributed by atoms with Crippen LogP contribution in [0.4, 0.5) is 5.69 Å². The average molecular weight is 427 g/mol. The Hall–Kier alpha value is -4.09. The van der Waals surface area contributed by atoms with Crippen LogP contribution >= 0.6 is 0 Å². The molecule has 160 valence electrons. The number of aromatic amines is 1. The van der Waals surface area contributed by atoms with Crippen molar-refractivity contribution in [1.82, 2.24) is 10.2 Å². The lowest BCUT2D eigenvalue weighted by Crippen LogP contribution is -2.46. The molecule has 1 amide bonds. The molecule has 2 aliphatic rings. The third kappa shape index (κ3) is 2.58. The van der Waals surface area contributed by atoms with Gasteiger partial charge in [0.25, 0.3) is 0 Å². The molecule has 2 aliphatic heterocycles. The minimum Gasteiger partial charge on any atom is -0.420 e. The minimum absolute atomic E-state index is 0.0487. The van der Waals surface area contributed by atoms with Gasteiger partial charge in [0, 0.05) is 18.4 Å². The summed E-state index contributed by atoms with van der Waals surface area (Å²) in [4.78, 5) is 16.0. The minimum atomic E-state index is -1.46. The number of nitriles is 1. The fourth-order valence-electron chi connectivity index (χ4n) is 4.64. The molecule has 3 N–H and O–H groups in total. The van der Waals surface area contributed by atoms with E-state index in [4.69, 9.17) is 15.2 Å². The van der Waals surface area contributed by atoms with Gasteiger partial charge in [-0.25, -0.2) is 0 Å². The number of carbonyl (C=O) groups is 1. The molecular weight excluding hydrogens is 406 g/mol. The number of amides is 1. The molecule has 1 spiro atoms.